The number of pyridine rings is 1. The Labute approximate surface area is 154 Å². The van der Waals surface area contributed by atoms with Crippen LogP contribution in [-0.2, 0) is 6.42 Å². The molecule has 0 spiro atoms. The number of carbonyl (C=O) groups is 1. The van der Waals surface area contributed by atoms with Crippen LogP contribution in [0.1, 0.15) is 48.2 Å². The largest absolute Gasteiger partial charge is 0.385 e. The molecule has 0 atom stereocenters. The Balaban J connectivity index is 1.41. The number of carbonyl (C=O) groups excluding carboxylic acids is 1. The summed E-state index contributed by atoms with van der Waals surface area (Å²) in [6.07, 6.45) is 11.2. The van der Waals surface area contributed by atoms with E-state index in [1.165, 1.54) is 31.2 Å². The third-order valence-corrected chi connectivity index (χ3v) is 5.27. The minimum Gasteiger partial charge on any atom is -0.385 e. The van der Waals surface area contributed by atoms with Crippen molar-refractivity contribution in [2.75, 3.05) is 23.3 Å². The van der Waals surface area contributed by atoms with Crippen molar-refractivity contribution in [3.8, 4) is 0 Å². The minimum absolute atomic E-state index is 0.0198. The van der Waals surface area contributed by atoms with Crippen LogP contribution < -0.4 is 10.2 Å². The maximum absolute atomic E-state index is 12.9. The second-order valence-corrected chi connectivity index (χ2v) is 7.05. The van der Waals surface area contributed by atoms with Crippen molar-refractivity contribution in [1.29, 1.82) is 0 Å². The number of nitrogens with one attached hydrogen (secondary N) is 1. The van der Waals surface area contributed by atoms with Crippen molar-refractivity contribution in [3.05, 3.63) is 65.5 Å². The van der Waals surface area contributed by atoms with E-state index in [0.29, 0.717) is 5.69 Å². The summed E-state index contributed by atoms with van der Waals surface area (Å²) in [5.74, 6) is -0.0198. The van der Waals surface area contributed by atoms with E-state index in [1.54, 1.807) is 11.8 Å². The first kappa shape index (κ1) is 16.8. The highest BCUT2D eigenvalue weighted by atomic mass is 16.2. The molecule has 1 aliphatic carbocycles. The quantitative estimate of drug-likeness (QED) is 0.805. The van der Waals surface area contributed by atoms with Gasteiger partial charge in [-0.2, -0.15) is 0 Å². The number of anilines is 2. The highest BCUT2D eigenvalue weighted by molar-refractivity contribution is 6.06. The maximum Gasteiger partial charge on any atom is 0.276 e. The number of hydrogen-bond acceptors (Lipinski definition) is 3. The van der Waals surface area contributed by atoms with Gasteiger partial charge in [-0.15, -0.1) is 0 Å². The van der Waals surface area contributed by atoms with Gasteiger partial charge in [-0.3, -0.25) is 9.78 Å². The number of fused-ring (bicyclic) bond motifs is 1. The summed E-state index contributed by atoms with van der Waals surface area (Å²) in [6, 6.07) is 11.9. The van der Waals surface area contributed by atoms with Gasteiger partial charge in [-0.1, -0.05) is 29.8 Å². The van der Waals surface area contributed by atoms with Gasteiger partial charge in [-0.05, 0) is 62.3 Å². The monoisotopic (exact) mass is 347 g/mol. The summed E-state index contributed by atoms with van der Waals surface area (Å²) < 4.78 is 0. The first-order chi connectivity index (χ1) is 12.8. The van der Waals surface area contributed by atoms with Gasteiger partial charge in [0.25, 0.3) is 5.91 Å². The number of hydrogen-bond donors (Lipinski definition) is 1. The smallest absolute Gasteiger partial charge is 0.276 e. The molecule has 1 aliphatic heterocycles. The Morgan fingerprint density at radius 2 is 2.08 bits per heavy atom. The van der Waals surface area contributed by atoms with Gasteiger partial charge in [-0.25, -0.2) is 0 Å². The van der Waals surface area contributed by atoms with Gasteiger partial charge in [0, 0.05) is 30.7 Å². The molecule has 26 heavy (non-hydrogen) atoms. The standard InChI is InChI=1S/C22H25N3O/c26-22(25-15-12-18-8-4-5-9-21(18)25)20-16-19(11-14-24-20)23-13-10-17-6-2-1-3-7-17/h4-6,8-9,11,14,16H,1-3,7,10,12-13,15H2,(H,23,24). The molecule has 4 rings (SSSR count). The average Bonchev–Trinajstić information content (AvgIpc) is 3.13. The van der Waals surface area contributed by atoms with E-state index in [2.05, 4.69) is 22.4 Å². The molecule has 1 N–H and O–H groups in total. The number of allylic oxidation sites excluding steroid dienone is 1. The Morgan fingerprint density at radius 1 is 1.15 bits per heavy atom. The molecule has 0 radical (unpaired) electrons. The number of benzene rings is 1. The van der Waals surface area contributed by atoms with Crippen LogP contribution in [0.25, 0.3) is 0 Å². The topological polar surface area (TPSA) is 45.2 Å². The summed E-state index contributed by atoms with van der Waals surface area (Å²) in [7, 11) is 0. The summed E-state index contributed by atoms with van der Waals surface area (Å²) in [5, 5.41) is 3.45. The van der Waals surface area contributed by atoms with Gasteiger partial charge < -0.3 is 10.2 Å². The predicted molar refractivity (Wildman–Crippen MR) is 106 cm³/mol. The van der Waals surface area contributed by atoms with Crippen LogP contribution in [0, 0.1) is 0 Å². The second-order valence-electron chi connectivity index (χ2n) is 7.05. The number of aromatic nitrogens is 1. The molecule has 2 aliphatic rings. The number of nitrogens with zero attached hydrogens (tertiary/aromatic N) is 2. The van der Waals surface area contributed by atoms with Crippen LogP contribution in [0.3, 0.4) is 0 Å². The fourth-order valence-electron chi connectivity index (χ4n) is 3.84. The molecule has 134 valence electrons. The average molecular weight is 347 g/mol. The fourth-order valence-corrected chi connectivity index (χ4v) is 3.84. The number of rotatable bonds is 5. The number of para-hydroxylation sites is 1. The highest BCUT2D eigenvalue weighted by Crippen LogP contribution is 2.29. The molecule has 4 heteroatoms. The van der Waals surface area contributed by atoms with Crippen LogP contribution >= 0.6 is 0 Å². The van der Waals surface area contributed by atoms with Crippen LogP contribution in [0.4, 0.5) is 11.4 Å². The van der Waals surface area contributed by atoms with Gasteiger partial charge in [0.2, 0.25) is 0 Å². The van der Waals surface area contributed by atoms with Crippen molar-refractivity contribution < 1.29 is 4.79 Å². The van der Waals surface area contributed by atoms with E-state index in [1.807, 2.05) is 35.2 Å². The van der Waals surface area contributed by atoms with E-state index in [-0.39, 0.29) is 5.91 Å². The molecular weight excluding hydrogens is 322 g/mol. The maximum atomic E-state index is 12.9. The lowest BCUT2D eigenvalue weighted by Gasteiger charge is -2.17. The highest BCUT2D eigenvalue weighted by Gasteiger charge is 2.25. The Bertz CT molecular complexity index is 828. The zero-order chi connectivity index (χ0) is 17.8. The molecule has 2 heterocycles. The zero-order valence-corrected chi connectivity index (χ0v) is 15.1. The van der Waals surface area contributed by atoms with E-state index in [9.17, 15) is 4.79 Å². The van der Waals surface area contributed by atoms with Crippen molar-refractivity contribution in [2.24, 2.45) is 0 Å². The Morgan fingerprint density at radius 3 is 2.96 bits per heavy atom. The van der Waals surface area contributed by atoms with Crippen LogP contribution in [0.5, 0.6) is 0 Å². The van der Waals surface area contributed by atoms with Crippen LogP contribution in [0.2, 0.25) is 0 Å². The van der Waals surface area contributed by atoms with Gasteiger partial charge in [0.05, 0.1) is 0 Å². The predicted octanol–water partition coefficient (Wildman–Crippen LogP) is 4.59. The van der Waals surface area contributed by atoms with Crippen molar-refractivity contribution in [2.45, 2.75) is 38.5 Å². The van der Waals surface area contributed by atoms with E-state index in [0.717, 1.165) is 37.3 Å². The van der Waals surface area contributed by atoms with Crippen molar-refractivity contribution in [1.82, 2.24) is 4.98 Å². The van der Waals surface area contributed by atoms with Crippen molar-refractivity contribution in [3.63, 3.8) is 0 Å². The van der Waals surface area contributed by atoms with Gasteiger partial charge >= 0.3 is 0 Å². The third-order valence-electron chi connectivity index (χ3n) is 5.27. The Kier molecular flexibility index (Phi) is 5.00. The van der Waals surface area contributed by atoms with Crippen LogP contribution in [-0.4, -0.2) is 24.0 Å². The molecule has 0 fully saturated rings. The summed E-state index contributed by atoms with van der Waals surface area (Å²) in [4.78, 5) is 19.1. The molecule has 4 nitrogen and oxygen atoms in total. The SMILES string of the molecule is O=C(c1cc(NCCC2=CCCCC2)ccn1)N1CCc2ccccc21. The molecule has 0 unspecified atom stereocenters. The summed E-state index contributed by atoms with van der Waals surface area (Å²) >= 11 is 0. The minimum atomic E-state index is -0.0198. The second kappa shape index (κ2) is 7.73. The first-order valence-electron chi connectivity index (χ1n) is 9.59. The molecule has 1 aromatic carbocycles. The third kappa shape index (κ3) is 3.64. The number of amides is 1. The lowest BCUT2D eigenvalue weighted by Crippen LogP contribution is -2.29. The lowest BCUT2D eigenvalue weighted by atomic mass is 9.97. The molecule has 0 saturated carbocycles. The van der Waals surface area contributed by atoms with Gasteiger partial charge in [0.1, 0.15) is 5.69 Å². The molecule has 0 bridgehead atoms. The van der Waals surface area contributed by atoms with E-state index >= 15 is 0 Å². The zero-order valence-electron chi connectivity index (χ0n) is 15.1. The normalized spacial score (nSPS) is 16.2. The first-order valence-corrected chi connectivity index (χ1v) is 9.59. The molecule has 2 aromatic rings. The summed E-state index contributed by atoms with van der Waals surface area (Å²) in [5.41, 5.74) is 5.27. The molecule has 1 aromatic heterocycles. The fraction of sp³-hybridized carbons (Fsp3) is 0.364. The van der Waals surface area contributed by atoms with Crippen molar-refractivity contribution >= 4 is 17.3 Å². The summed E-state index contributed by atoms with van der Waals surface area (Å²) in [6.45, 7) is 1.63. The van der Waals surface area contributed by atoms with Crippen LogP contribution in [0.15, 0.2) is 54.2 Å². The van der Waals surface area contributed by atoms with E-state index < -0.39 is 0 Å². The Hall–Kier alpha value is -2.62. The lowest BCUT2D eigenvalue weighted by molar-refractivity contribution is 0.0984. The molecule has 0 saturated heterocycles. The van der Waals surface area contributed by atoms with Gasteiger partial charge in [0.15, 0.2) is 0 Å². The molecular formula is C22H25N3O. The molecule has 1 amide bonds. The van der Waals surface area contributed by atoms with E-state index in [4.69, 9.17) is 0 Å².